The topological polar surface area (TPSA) is 59.1 Å². The van der Waals surface area contributed by atoms with Crippen LogP contribution in [-0.4, -0.2) is 67.9 Å². The van der Waals surface area contributed by atoms with E-state index in [9.17, 15) is 9.59 Å². The van der Waals surface area contributed by atoms with Crippen molar-refractivity contribution in [3.63, 3.8) is 0 Å². The van der Waals surface area contributed by atoms with Crippen LogP contribution < -0.4 is 9.47 Å². The predicted molar refractivity (Wildman–Crippen MR) is 112 cm³/mol. The molecule has 1 heterocycles. The number of amides is 1. The summed E-state index contributed by atoms with van der Waals surface area (Å²) in [7, 11) is 1.57. The quantitative estimate of drug-likeness (QED) is 0.674. The van der Waals surface area contributed by atoms with Crippen LogP contribution in [0.25, 0.3) is 0 Å². The van der Waals surface area contributed by atoms with Crippen molar-refractivity contribution in [3.8, 4) is 11.5 Å². The first-order chi connectivity index (χ1) is 14.0. The van der Waals surface area contributed by atoms with Crippen molar-refractivity contribution in [2.24, 2.45) is 0 Å². The highest BCUT2D eigenvalue weighted by atomic mass is 16.5. The maximum atomic E-state index is 12.7. The minimum absolute atomic E-state index is 0.0260. The van der Waals surface area contributed by atoms with Crippen molar-refractivity contribution in [1.29, 1.82) is 0 Å². The molecule has 0 unspecified atom stereocenters. The number of hydrogen-bond donors (Lipinski definition) is 0. The van der Waals surface area contributed by atoms with Gasteiger partial charge in [0.1, 0.15) is 0 Å². The van der Waals surface area contributed by atoms with Gasteiger partial charge in [-0.2, -0.15) is 0 Å². The molecule has 0 aliphatic carbocycles. The number of piperazine rings is 1. The number of nitrogens with zero attached hydrogens (tertiary/aromatic N) is 2. The van der Waals surface area contributed by atoms with E-state index in [0.29, 0.717) is 44.2 Å². The molecule has 0 saturated carbocycles. The Morgan fingerprint density at radius 1 is 0.966 bits per heavy atom. The van der Waals surface area contributed by atoms with Gasteiger partial charge in [0.05, 0.1) is 13.7 Å². The molecule has 1 aliphatic rings. The number of benzene rings is 2. The monoisotopic (exact) mass is 396 g/mol. The molecule has 2 aromatic rings. The lowest BCUT2D eigenvalue weighted by Gasteiger charge is -2.34. The van der Waals surface area contributed by atoms with Gasteiger partial charge >= 0.3 is 0 Å². The normalized spacial score (nSPS) is 14.5. The molecule has 154 valence electrons. The second-order valence-electron chi connectivity index (χ2n) is 7.34. The first-order valence-electron chi connectivity index (χ1n) is 9.84. The van der Waals surface area contributed by atoms with E-state index in [4.69, 9.17) is 9.47 Å². The molecule has 0 N–H and O–H groups in total. The fourth-order valence-corrected chi connectivity index (χ4v) is 3.45. The van der Waals surface area contributed by atoms with Gasteiger partial charge in [0.15, 0.2) is 23.9 Å². The summed E-state index contributed by atoms with van der Waals surface area (Å²) in [6.45, 7) is 6.85. The summed E-state index contributed by atoms with van der Waals surface area (Å²) in [5, 5.41) is 0. The Bertz CT molecular complexity index is 873. The Hall–Kier alpha value is -2.86. The smallest absolute Gasteiger partial charge is 0.260 e. The maximum absolute atomic E-state index is 12.7. The van der Waals surface area contributed by atoms with Crippen LogP contribution in [0.15, 0.2) is 42.5 Å². The van der Waals surface area contributed by atoms with Gasteiger partial charge in [0, 0.05) is 31.7 Å². The molecule has 29 heavy (non-hydrogen) atoms. The standard InChI is InChI=1S/C23H28N2O4/c1-17-8-9-18(2)19(14-17)20(26)15-24-10-12-25(13-11-24)23(27)16-29-22-7-5-4-6-21(22)28-3/h4-9,14H,10-13,15-16H2,1-3H3. The highest BCUT2D eigenvalue weighted by molar-refractivity contribution is 5.99. The summed E-state index contributed by atoms with van der Waals surface area (Å²) in [4.78, 5) is 29.0. The van der Waals surface area contributed by atoms with E-state index in [1.54, 1.807) is 24.1 Å². The zero-order valence-electron chi connectivity index (χ0n) is 17.3. The molecule has 1 fully saturated rings. The number of para-hydroxylation sites is 2. The number of hydrogen-bond acceptors (Lipinski definition) is 5. The van der Waals surface area contributed by atoms with Crippen LogP contribution in [0.5, 0.6) is 11.5 Å². The molecule has 6 heteroatoms. The highest BCUT2D eigenvalue weighted by Crippen LogP contribution is 2.25. The molecule has 0 spiro atoms. The van der Waals surface area contributed by atoms with Gasteiger partial charge in [-0.1, -0.05) is 29.8 Å². The van der Waals surface area contributed by atoms with Gasteiger partial charge in [-0.15, -0.1) is 0 Å². The van der Waals surface area contributed by atoms with Gasteiger partial charge in [-0.05, 0) is 37.6 Å². The average Bonchev–Trinajstić information content (AvgIpc) is 2.74. The number of ketones is 1. The Labute approximate surface area is 172 Å². The highest BCUT2D eigenvalue weighted by Gasteiger charge is 2.23. The van der Waals surface area contributed by atoms with Gasteiger partial charge in [0.2, 0.25) is 0 Å². The van der Waals surface area contributed by atoms with Crippen molar-refractivity contribution in [1.82, 2.24) is 9.80 Å². The lowest BCUT2D eigenvalue weighted by molar-refractivity contribution is -0.135. The summed E-state index contributed by atoms with van der Waals surface area (Å²) in [5.41, 5.74) is 2.88. The number of methoxy groups -OCH3 is 1. The van der Waals surface area contributed by atoms with E-state index in [1.165, 1.54) is 0 Å². The first-order valence-corrected chi connectivity index (χ1v) is 9.84. The second kappa shape index (κ2) is 9.56. The van der Waals surface area contributed by atoms with Crippen molar-refractivity contribution < 1.29 is 19.1 Å². The minimum Gasteiger partial charge on any atom is -0.493 e. The Kier molecular flexibility index (Phi) is 6.88. The van der Waals surface area contributed by atoms with Gasteiger partial charge in [-0.3, -0.25) is 14.5 Å². The number of ether oxygens (including phenoxy) is 2. The number of carbonyl (C=O) groups is 2. The van der Waals surface area contributed by atoms with E-state index >= 15 is 0 Å². The van der Waals surface area contributed by atoms with E-state index < -0.39 is 0 Å². The average molecular weight is 396 g/mol. The van der Waals surface area contributed by atoms with Crippen LogP contribution >= 0.6 is 0 Å². The van der Waals surface area contributed by atoms with Crippen molar-refractivity contribution >= 4 is 11.7 Å². The van der Waals surface area contributed by atoms with Crippen LogP contribution in [0.1, 0.15) is 21.5 Å². The Morgan fingerprint density at radius 3 is 2.34 bits per heavy atom. The van der Waals surface area contributed by atoms with Crippen LogP contribution in [-0.2, 0) is 4.79 Å². The molecular weight excluding hydrogens is 368 g/mol. The van der Waals surface area contributed by atoms with Crippen molar-refractivity contribution in [3.05, 3.63) is 59.2 Å². The van der Waals surface area contributed by atoms with E-state index in [2.05, 4.69) is 4.90 Å². The minimum atomic E-state index is -0.0589. The third-order valence-electron chi connectivity index (χ3n) is 5.21. The molecular formula is C23H28N2O4. The van der Waals surface area contributed by atoms with E-state index in [1.807, 2.05) is 44.2 Å². The first kappa shape index (κ1) is 20.9. The molecule has 0 bridgehead atoms. The SMILES string of the molecule is COc1ccccc1OCC(=O)N1CCN(CC(=O)c2cc(C)ccc2C)CC1. The lowest BCUT2D eigenvalue weighted by atomic mass is 10.0. The van der Waals surface area contributed by atoms with Crippen molar-refractivity contribution in [2.75, 3.05) is 46.4 Å². The lowest BCUT2D eigenvalue weighted by Crippen LogP contribution is -2.51. The van der Waals surface area contributed by atoms with Crippen LogP contribution in [0.3, 0.4) is 0 Å². The third-order valence-corrected chi connectivity index (χ3v) is 5.21. The van der Waals surface area contributed by atoms with Gasteiger partial charge in [0.25, 0.3) is 5.91 Å². The molecule has 0 radical (unpaired) electrons. The van der Waals surface area contributed by atoms with Crippen LogP contribution in [0.4, 0.5) is 0 Å². The summed E-state index contributed by atoms with van der Waals surface area (Å²) < 4.78 is 10.9. The van der Waals surface area contributed by atoms with Crippen molar-refractivity contribution in [2.45, 2.75) is 13.8 Å². The molecule has 1 aliphatic heterocycles. The van der Waals surface area contributed by atoms with E-state index in [-0.39, 0.29) is 18.3 Å². The fraction of sp³-hybridized carbons (Fsp3) is 0.391. The Balaban J connectivity index is 1.48. The molecule has 1 saturated heterocycles. The van der Waals surface area contributed by atoms with E-state index in [0.717, 1.165) is 16.7 Å². The zero-order chi connectivity index (χ0) is 20.8. The maximum Gasteiger partial charge on any atom is 0.260 e. The molecule has 2 aromatic carbocycles. The molecule has 0 atom stereocenters. The number of carbonyl (C=O) groups excluding carboxylic acids is 2. The summed E-state index contributed by atoms with van der Waals surface area (Å²) in [6, 6.07) is 13.2. The number of aryl methyl sites for hydroxylation is 2. The largest absolute Gasteiger partial charge is 0.493 e. The van der Waals surface area contributed by atoms with Crippen LogP contribution in [0.2, 0.25) is 0 Å². The van der Waals surface area contributed by atoms with Gasteiger partial charge < -0.3 is 14.4 Å². The molecule has 3 rings (SSSR count). The number of rotatable bonds is 7. The van der Waals surface area contributed by atoms with Crippen LogP contribution in [0, 0.1) is 13.8 Å². The molecule has 0 aromatic heterocycles. The number of Topliss-reactive ketones (excluding diaryl/α,β-unsaturated/α-hetero) is 1. The second-order valence-corrected chi connectivity index (χ2v) is 7.34. The molecule has 1 amide bonds. The summed E-state index contributed by atoms with van der Waals surface area (Å²) >= 11 is 0. The molecule has 6 nitrogen and oxygen atoms in total. The zero-order valence-corrected chi connectivity index (χ0v) is 17.3. The third kappa shape index (κ3) is 5.35. The predicted octanol–water partition coefficient (Wildman–Crippen LogP) is 2.72. The summed E-state index contributed by atoms with van der Waals surface area (Å²) in [6.07, 6.45) is 0. The fourth-order valence-electron chi connectivity index (χ4n) is 3.45. The Morgan fingerprint density at radius 2 is 1.66 bits per heavy atom. The summed E-state index contributed by atoms with van der Waals surface area (Å²) in [5.74, 6) is 1.23. The van der Waals surface area contributed by atoms with Gasteiger partial charge in [-0.25, -0.2) is 0 Å².